The van der Waals surface area contributed by atoms with Crippen molar-refractivity contribution in [1.29, 1.82) is 0 Å². The van der Waals surface area contributed by atoms with Crippen LogP contribution in [0.5, 0.6) is 0 Å². The summed E-state index contributed by atoms with van der Waals surface area (Å²) in [6.07, 6.45) is 8.31. The topological polar surface area (TPSA) is 81.7 Å². The zero-order valence-electron chi connectivity index (χ0n) is 14.9. The van der Waals surface area contributed by atoms with Crippen LogP contribution < -0.4 is 5.32 Å². The van der Waals surface area contributed by atoms with Gasteiger partial charge in [-0.3, -0.25) is 4.98 Å². The normalized spacial score (nSPS) is 13.5. The summed E-state index contributed by atoms with van der Waals surface area (Å²) in [6, 6.07) is 7.96. The lowest BCUT2D eigenvalue weighted by atomic mass is 9.95. The average Bonchev–Trinajstić information content (AvgIpc) is 3.40. The molecule has 1 aromatic carbocycles. The van der Waals surface area contributed by atoms with Crippen molar-refractivity contribution in [3.05, 3.63) is 66.0 Å². The number of benzene rings is 1. The Morgan fingerprint density at radius 2 is 2.07 bits per heavy atom. The maximum atomic E-state index is 5.56. The Balaban J connectivity index is 1.51. The Labute approximate surface area is 156 Å². The second kappa shape index (κ2) is 6.44. The van der Waals surface area contributed by atoms with Crippen molar-refractivity contribution in [2.24, 2.45) is 0 Å². The number of aromatic nitrogens is 5. The van der Waals surface area contributed by atoms with Crippen molar-refractivity contribution >= 4 is 0 Å². The van der Waals surface area contributed by atoms with Gasteiger partial charge in [0, 0.05) is 47.6 Å². The molecule has 0 saturated heterocycles. The summed E-state index contributed by atoms with van der Waals surface area (Å²) in [4.78, 5) is 13.2. The summed E-state index contributed by atoms with van der Waals surface area (Å²) in [5, 5.41) is 7.62. The molecule has 0 amide bonds. The molecule has 0 fully saturated rings. The van der Waals surface area contributed by atoms with Gasteiger partial charge < -0.3 is 14.4 Å². The van der Waals surface area contributed by atoms with Crippen LogP contribution in [0.3, 0.4) is 0 Å². The fourth-order valence-electron chi connectivity index (χ4n) is 3.50. The van der Waals surface area contributed by atoms with Gasteiger partial charge in [0.2, 0.25) is 5.82 Å². The Bertz CT molecular complexity index is 1080. The third-order valence-corrected chi connectivity index (χ3v) is 4.90. The summed E-state index contributed by atoms with van der Waals surface area (Å²) in [5.74, 6) is 1.11. The molecule has 0 atom stereocenters. The Morgan fingerprint density at radius 1 is 1.19 bits per heavy atom. The highest BCUT2D eigenvalue weighted by Gasteiger charge is 2.21. The lowest BCUT2D eigenvalue weighted by molar-refractivity contribution is 0.432. The number of fused-ring (bicyclic) bond motifs is 1. The van der Waals surface area contributed by atoms with Crippen molar-refractivity contribution in [2.45, 2.75) is 19.9 Å². The van der Waals surface area contributed by atoms with Crippen LogP contribution in [0, 0.1) is 6.92 Å². The highest BCUT2D eigenvalue weighted by Crippen LogP contribution is 2.30. The number of hydrogen-bond acceptors (Lipinski definition) is 6. The molecule has 0 radical (unpaired) electrons. The lowest BCUT2D eigenvalue weighted by Gasteiger charge is -2.19. The van der Waals surface area contributed by atoms with Gasteiger partial charge >= 0.3 is 0 Å². The van der Waals surface area contributed by atoms with E-state index >= 15 is 0 Å². The summed E-state index contributed by atoms with van der Waals surface area (Å²) in [5.41, 5.74) is 6.31. The molecule has 7 heteroatoms. The van der Waals surface area contributed by atoms with Gasteiger partial charge in [0.15, 0.2) is 0 Å². The van der Waals surface area contributed by atoms with Gasteiger partial charge in [-0.2, -0.15) is 4.98 Å². The van der Waals surface area contributed by atoms with Gasteiger partial charge in [-0.25, -0.2) is 4.98 Å². The molecule has 1 N–H and O–H groups in total. The largest absolute Gasteiger partial charge is 0.334 e. The van der Waals surface area contributed by atoms with E-state index in [4.69, 9.17) is 4.52 Å². The van der Waals surface area contributed by atoms with Crippen LogP contribution in [0.4, 0.5) is 0 Å². The number of hydrogen-bond donors (Lipinski definition) is 1. The van der Waals surface area contributed by atoms with Gasteiger partial charge in [0.25, 0.3) is 5.89 Å². The Hall–Kier alpha value is -3.32. The molecule has 0 saturated carbocycles. The molecule has 4 aromatic rings. The first-order valence-corrected chi connectivity index (χ1v) is 8.90. The highest BCUT2D eigenvalue weighted by atomic mass is 16.5. The minimum atomic E-state index is 0.508. The van der Waals surface area contributed by atoms with E-state index in [0.29, 0.717) is 11.7 Å². The predicted molar refractivity (Wildman–Crippen MR) is 100 cm³/mol. The smallest absolute Gasteiger partial charge is 0.258 e. The van der Waals surface area contributed by atoms with Gasteiger partial charge in [0.1, 0.15) is 0 Å². The number of rotatable bonds is 3. The molecule has 27 heavy (non-hydrogen) atoms. The summed E-state index contributed by atoms with van der Waals surface area (Å²) >= 11 is 0. The second-order valence-corrected chi connectivity index (χ2v) is 6.59. The molecule has 134 valence electrons. The summed E-state index contributed by atoms with van der Waals surface area (Å²) < 4.78 is 7.50. The minimum absolute atomic E-state index is 0.508. The molecule has 0 bridgehead atoms. The highest BCUT2D eigenvalue weighted by molar-refractivity contribution is 5.67. The molecule has 1 aliphatic rings. The first-order valence-electron chi connectivity index (χ1n) is 8.90. The van der Waals surface area contributed by atoms with Gasteiger partial charge in [-0.1, -0.05) is 5.16 Å². The molecular weight excluding hydrogens is 340 g/mol. The first kappa shape index (κ1) is 15.9. The molecule has 4 heterocycles. The molecule has 0 spiro atoms. The zero-order valence-corrected chi connectivity index (χ0v) is 14.9. The van der Waals surface area contributed by atoms with E-state index in [2.05, 4.69) is 25.4 Å². The number of pyridine rings is 1. The summed E-state index contributed by atoms with van der Waals surface area (Å²) in [6.45, 7) is 3.77. The third-order valence-electron chi connectivity index (χ3n) is 4.90. The van der Waals surface area contributed by atoms with Crippen LogP contribution in [0.2, 0.25) is 0 Å². The summed E-state index contributed by atoms with van der Waals surface area (Å²) in [7, 11) is 0. The van der Waals surface area contributed by atoms with Gasteiger partial charge in [0.05, 0.1) is 6.33 Å². The fourth-order valence-corrected chi connectivity index (χ4v) is 3.50. The maximum Gasteiger partial charge on any atom is 0.258 e. The van der Waals surface area contributed by atoms with Crippen LogP contribution in [0.25, 0.3) is 28.5 Å². The zero-order chi connectivity index (χ0) is 18.2. The molecule has 0 aliphatic carbocycles. The van der Waals surface area contributed by atoms with Crippen LogP contribution in [-0.4, -0.2) is 31.2 Å². The van der Waals surface area contributed by atoms with Crippen LogP contribution in [0.1, 0.15) is 16.8 Å². The van der Waals surface area contributed by atoms with E-state index < -0.39 is 0 Å². The van der Waals surface area contributed by atoms with Gasteiger partial charge in [-0.05, 0) is 55.3 Å². The lowest BCUT2D eigenvalue weighted by Crippen LogP contribution is -2.24. The van der Waals surface area contributed by atoms with E-state index in [0.717, 1.165) is 42.0 Å². The first-order chi connectivity index (χ1) is 13.3. The van der Waals surface area contributed by atoms with Crippen molar-refractivity contribution in [1.82, 2.24) is 30.0 Å². The third kappa shape index (κ3) is 2.82. The van der Waals surface area contributed by atoms with Crippen LogP contribution in [-0.2, 0) is 13.0 Å². The standard InChI is InChI=1S/C20H18N6O/c1-13-18(17-6-7-21-10-15(17)11-23-13)19-24-20(27-25-19)14-2-4-16(5-3-14)26-9-8-22-12-26/h2-5,8-9,11-12,21H,6-7,10H2,1H3. The van der Waals surface area contributed by atoms with Crippen LogP contribution in [0.15, 0.2) is 53.7 Å². The SMILES string of the molecule is Cc1ncc2c(c1-c1noc(-c3ccc(-n4ccnc4)cc3)n1)CCNC2. The average molecular weight is 358 g/mol. The van der Waals surface area contributed by atoms with E-state index in [1.807, 2.05) is 48.1 Å². The monoisotopic (exact) mass is 358 g/mol. The minimum Gasteiger partial charge on any atom is -0.334 e. The fraction of sp³-hybridized carbons (Fsp3) is 0.200. The molecule has 0 unspecified atom stereocenters. The van der Waals surface area contributed by atoms with Crippen molar-refractivity contribution < 1.29 is 4.52 Å². The number of nitrogens with one attached hydrogen (secondary N) is 1. The maximum absolute atomic E-state index is 5.56. The molecule has 7 nitrogen and oxygen atoms in total. The number of imidazole rings is 1. The Kier molecular flexibility index (Phi) is 3.79. The van der Waals surface area contributed by atoms with Crippen LogP contribution >= 0.6 is 0 Å². The van der Waals surface area contributed by atoms with Crippen molar-refractivity contribution in [3.8, 4) is 28.5 Å². The van der Waals surface area contributed by atoms with E-state index in [1.54, 1.807) is 12.5 Å². The van der Waals surface area contributed by atoms with E-state index in [9.17, 15) is 0 Å². The number of nitrogens with zero attached hydrogens (tertiary/aromatic N) is 5. The van der Waals surface area contributed by atoms with E-state index in [1.165, 1.54) is 11.1 Å². The molecule has 1 aliphatic heterocycles. The second-order valence-electron chi connectivity index (χ2n) is 6.59. The Morgan fingerprint density at radius 3 is 2.89 bits per heavy atom. The molecular formula is C20H18N6O. The predicted octanol–water partition coefficient (Wildman–Crippen LogP) is 2.94. The van der Waals surface area contributed by atoms with Gasteiger partial charge in [-0.15, -0.1) is 0 Å². The number of aryl methyl sites for hydroxylation is 1. The molecule has 5 rings (SSSR count). The van der Waals surface area contributed by atoms with Crippen molar-refractivity contribution in [3.63, 3.8) is 0 Å². The van der Waals surface area contributed by atoms with Crippen molar-refractivity contribution in [2.75, 3.05) is 6.54 Å². The molecule has 3 aromatic heterocycles. The van der Waals surface area contributed by atoms with E-state index in [-0.39, 0.29) is 0 Å². The quantitative estimate of drug-likeness (QED) is 0.606.